The van der Waals surface area contributed by atoms with Crippen molar-refractivity contribution in [2.24, 2.45) is 5.92 Å². The van der Waals surface area contributed by atoms with Crippen molar-refractivity contribution in [2.75, 3.05) is 6.61 Å². The van der Waals surface area contributed by atoms with E-state index in [0.717, 1.165) is 12.3 Å². The third-order valence-electron chi connectivity index (χ3n) is 4.31. The maximum absolute atomic E-state index is 8.48. The number of hydrogen-bond donors (Lipinski definition) is 1. The molecule has 1 nitrogen and oxygen atoms in total. The molecule has 0 aromatic heterocycles. The monoisotopic (exact) mass is 344 g/mol. The molecule has 0 spiro atoms. The molecule has 0 aliphatic heterocycles. The molecule has 25 heavy (non-hydrogen) atoms. The van der Waals surface area contributed by atoms with Gasteiger partial charge in [0.25, 0.3) is 0 Å². The fraction of sp³-hybridized carbons (Fsp3) is 0.750. The summed E-state index contributed by atoms with van der Waals surface area (Å²) in [6.45, 7) is 4.52. The molecule has 1 N–H and O–H groups in total. The molecule has 0 rings (SSSR count). The minimum atomic E-state index is -0.0938. The molecule has 1 heteroatoms. The minimum Gasteiger partial charge on any atom is -0.384 e. The van der Waals surface area contributed by atoms with Crippen LogP contribution in [0.3, 0.4) is 0 Å². The molecule has 0 bridgehead atoms. The molecular weight excluding hydrogens is 304 g/mol. The average Bonchev–Trinajstić information content (AvgIpc) is 2.60. The fourth-order valence-electron chi connectivity index (χ4n) is 2.78. The van der Waals surface area contributed by atoms with Gasteiger partial charge in [-0.3, -0.25) is 0 Å². The maximum atomic E-state index is 8.48. The van der Waals surface area contributed by atoms with E-state index in [0.29, 0.717) is 0 Å². The van der Waals surface area contributed by atoms with Gasteiger partial charge in [-0.05, 0) is 49.9 Å². The smallest absolute Gasteiger partial charge is 0.105 e. The van der Waals surface area contributed by atoms with Crippen LogP contribution in [0.4, 0.5) is 0 Å². The zero-order valence-corrected chi connectivity index (χ0v) is 16.8. The van der Waals surface area contributed by atoms with Gasteiger partial charge < -0.3 is 5.11 Å². The van der Waals surface area contributed by atoms with Gasteiger partial charge in [-0.1, -0.05) is 89.2 Å². The summed E-state index contributed by atoms with van der Waals surface area (Å²) in [5.74, 6) is 11.8. The summed E-state index contributed by atoms with van der Waals surface area (Å²) in [4.78, 5) is 0. The second-order valence-electron chi connectivity index (χ2n) is 7.28. The van der Waals surface area contributed by atoms with Crippen LogP contribution in [0, 0.1) is 29.6 Å². The van der Waals surface area contributed by atoms with Gasteiger partial charge in [0, 0.05) is 6.42 Å². The van der Waals surface area contributed by atoms with Crippen molar-refractivity contribution < 1.29 is 5.11 Å². The van der Waals surface area contributed by atoms with Crippen LogP contribution in [-0.4, -0.2) is 11.7 Å². The Kier molecular flexibility index (Phi) is 19.9. The minimum absolute atomic E-state index is 0.0938. The Balaban J connectivity index is 3.17. The Morgan fingerprint density at radius 3 is 1.80 bits per heavy atom. The van der Waals surface area contributed by atoms with Crippen LogP contribution >= 0.6 is 0 Å². The van der Waals surface area contributed by atoms with Crippen LogP contribution in [0.2, 0.25) is 0 Å². The summed E-state index contributed by atoms with van der Waals surface area (Å²) < 4.78 is 0. The number of aliphatic hydroxyl groups excluding tert-OH is 1. The molecule has 0 unspecified atom stereocenters. The lowest BCUT2D eigenvalue weighted by Crippen LogP contribution is -1.85. The van der Waals surface area contributed by atoms with Gasteiger partial charge >= 0.3 is 0 Å². The molecule has 0 saturated carbocycles. The zero-order valence-electron chi connectivity index (χ0n) is 16.8. The van der Waals surface area contributed by atoms with Crippen LogP contribution in [-0.2, 0) is 0 Å². The first-order valence-corrected chi connectivity index (χ1v) is 10.5. The quantitative estimate of drug-likeness (QED) is 0.200. The van der Waals surface area contributed by atoms with Crippen molar-refractivity contribution in [2.45, 2.75) is 104 Å². The number of aliphatic hydroxyl groups is 1. The molecule has 0 atom stereocenters. The highest BCUT2D eigenvalue weighted by molar-refractivity contribution is 5.25. The molecule has 0 fully saturated rings. The molecule has 0 aromatic carbocycles. The van der Waals surface area contributed by atoms with Gasteiger partial charge in [0.05, 0.1) is 0 Å². The van der Waals surface area contributed by atoms with E-state index in [1.54, 1.807) is 0 Å². The number of allylic oxidation sites excluding steroid dienone is 2. The van der Waals surface area contributed by atoms with Gasteiger partial charge in [-0.2, -0.15) is 0 Å². The van der Waals surface area contributed by atoms with Crippen LogP contribution in [0.1, 0.15) is 104 Å². The number of unbranched alkanes of at least 4 members (excludes halogenated alkanes) is 11. The predicted molar refractivity (Wildman–Crippen MR) is 111 cm³/mol. The lowest BCUT2D eigenvalue weighted by Gasteiger charge is -2.02. The van der Waals surface area contributed by atoms with E-state index in [2.05, 4.69) is 49.7 Å². The van der Waals surface area contributed by atoms with E-state index in [9.17, 15) is 0 Å². The SMILES string of the molecule is CC(C)CCCC/C=C\CCCCCCCCCCC#CC#CCO. The lowest BCUT2D eigenvalue weighted by atomic mass is 10.0. The molecule has 0 amide bonds. The number of rotatable bonds is 15. The van der Waals surface area contributed by atoms with Crippen molar-refractivity contribution in [3.63, 3.8) is 0 Å². The Bertz CT molecular complexity index is 411. The highest BCUT2D eigenvalue weighted by Gasteiger charge is 1.93. The summed E-state index contributed by atoms with van der Waals surface area (Å²) in [6.07, 6.45) is 23.0. The van der Waals surface area contributed by atoms with Gasteiger partial charge in [-0.25, -0.2) is 0 Å². The molecule has 0 saturated heterocycles. The van der Waals surface area contributed by atoms with Gasteiger partial charge in [0.1, 0.15) is 6.61 Å². The van der Waals surface area contributed by atoms with Crippen molar-refractivity contribution in [3.8, 4) is 23.7 Å². The van der Waals surface area contributed by atoms with E-state index >= 15 is 0 Å². The molecule has 0 radical (unpaired) electrons. The van der Waals surface area contributed by atoms with Crippen LogP contribution in [0.5, 0.6) is 0 Å². The van der Waals surface area contributed by atoms with E-state index < -0.39 is 0 Å². The molecule has 0 aliphatic carbocycles. The van der Waals surface area contributed by atoms with Crippen molar-refractivity contribution in [3.05, 3.63) is 12.2 Å². The summed E-state index contributed by atoms with van der Waals surface area (Å²) in [5, 5.41) is 8.48. The van der Waals surface area contributed by atoms with Crippen molar-refractivity contribution in [1.82, 2.24) is 0 Å². The Morgan fingerprint density at radius 2 is 1.20 bits per heavy atom. The highest BCUT2D eigenvalue weighted by Crippen LogP contribution is 2.11. The first kappa shape index (κ1) is 23.8. The van der Waals surface area contributed by atoms with E-state index in [1.807, 2.05) is 0 Å². The first-order valence-electron chi connectivity index (χ1n) is 10.5. The van der Waals surface area contributed by atoms with Gasteiger partial charge in [-0.15, -0.1) is 0 Å². The molecule has 0 aliphatic rings. The van der Waals surface area contributed by atoms with Gasteiger partial charge in [0.15, 0.2) is 0 Å². The Labute approximate surface area is 157 Å². The van der Waals surface area contributed by atoms with E-state index in [1.165, 1.54) is 83.5 Å². The standard InChI is InChI=1S/C24H40O/c1-24(2)22-20-18-16-14-12-10-8-6-4-3-5-7-9-11-13-15-17-19-21-23-25/h12,14,24-25H,3-11,13,16,18,20,22-23H2,1-2H3/b14-12-. The zero-order chi connectivity index (χ0) is 18.4. The third kappa shape index (κ3) is 22.8. The maximum Gasteiger partial charge on any atom is 0.105 e. The van der Waals surface area contributed by atoms with Crippen LogP contribution in [0.25, 0.3) is 0 Å². The van der Waals surface area contributed by atoms with Crippen molar-refractivity contribution in [1.29, 1.82) is 0 Å². The van der Waals surface area contributed by atoms with Crippen molar-refractivity contribution >= 4 is 0 Å². The molecular formula is C24H40O. The summed E-state index contributed by atoms with van der Waals surface area (Å²) in [7, 11) is 0. The first-order chi connectivity index (χ1) is 12.3. The highest BCUT2D eigenvalue weighted by atomic mass is 16.2. The van der Waals surface area contributed by atoms with Gasteiger partial charge in [0.2, 0.25) is 0 Å². The van der Waals surface area contributed by atoms with E-state index in [-0.39, 0.29) is 6.61 Å². The molecule has 142 valence electrons. The lowest BCUT2D eigenvalue weighted by molar-refractivity contribution is 0.350. The second-order valence-corrected chi connectivity index (χ2v) is 7.28. The van der Waals surface area contributed by atoms with Crippen LogP contribution in [0.15, 0.2) is 12.2 Å². The second kappa shape index (κ2) is 20.9. The molecule has 0 heterocycles. The fourth-order valence-corrected chi connectivity index (χ4v) is 2.78. The molecule has 0 aromatic rings. The van der Waals surface area contributed by atoms with Crippen LogP contribution < -0.4 is 0 Å². The predicted octanol–water partition coefficient (Wildman–Crippen LogP) is 6.66. The normalized spacial score (nSPS) is 10.6. The number of hydrogen-bond acceptors (Lipinski definition) is 1. The summed E-state index contributed by atoms with van der Waals surface area (Å²) >= 11 is 0. The topological polar surface area (TPSA) is 20.2 Å². The Hall–Kier alpha value is -1.18. The third-order valence-corrected chi connectivity index (χ3v) is 4.31. The average molecular weight is 345 g/mol. The van der Waals surface area contributed by atoms with E-state index in [4.69, 9.17) is 5.11 Å². The summed E-state index contributed by atoms with van der Waals surface area (Å²) in [6, 6.07) is 0. The largest absolute Gasteiger partial charge is 0.384 e. The Morgan fingerprint density at radius 1 is 0.680 bits per heavy atom. The summed E-state index contributed by atoms with van der Waals surface area (Å²) in [5.41, 5.74) is 0.